The van der Waals surface area contributed by atoms with Gasteiger partial charge < -0.3 is 10.1 Å². The first-order chi connectivity index (χ1) is 12.5. The Bertz CT molecular complexity index is 855. The van der Waals surface area contributed by atoms with E-state index in [1.54, 1.807) is 31.2 Å². The number of fused-ring (bicyclic) bond motifs is 1. The third-order valence-electron chi connectivity index (χ3n) is 4.72. The Balaban J connectivity index is 1.61. The summed E-state index contributed by atoms with van der Waals surface area (Å²) in [5, 5.41) is 10.4. The minimum atomic E-state index is -0.863. The molecule has 7 nitrogen and oxygen atoms in total. The van der Waals surface area contributed by atoms with Crippen LogP contribution in [0, 0.1) is 0 Å². The van der Waals surface area contributed by atoms with E-state index in [4.69, 9.17) is 4.74 Å². The van der Waals surface area contributed by atoms with Gasteiger partial charge in [-0.15, -0.1) is 0 Å². The largest absolute Gasteiger partial charge is 0.452 e. The van der Waals surface area contributed by atoms with Crippen molar-refractivity contribution >= 4 is 22.6 Å². The smallest absolute Gasteiger partial charge is 0.312 e. The molecule has 2 aromatic rings. The zero-order valence-corrected chi connectivity index (χ0v) is 14.8. The van der Waals surface area contributed by atoms with Gasteiger partial charge in [0.1, 0.15) is 0 Å². The molecule has 1 heterocycles. The van der Waals surface area contributed by atoms with Gasteiger partial charge in [-0.25, -0.2) is 5.10 Å². The molecule has 26 heavy (non-hydrogen) atoms. The molecule has 3 rings (SSSR count). The van der Waals surface area contributed by atoms with E-state index in [0.717, 1.165) is 25.7 Å². The number of amides is 1. The summed E-state index contributed by atoms with van der Waals surface area (Å²) >= 11 is 0. The summed E-state index contributed by atoms with van der Waals surface area (Å²) in [5.74, 6) is -0.828. The Hall–Kier alpha value is -2.70. The number of hydrogen-bond donors (Lipinski definition) is 2. The third kappa shape index (κ3) is 4.28. The van der Waals surface area contributed by atoms with Crippen LogP contribution in [-0.2, 0) is 20.7 Å². The number of H-pyrrole nitrogens is 1. The molecule has 0 aliphatic heterocycles. The van der Waals surface area contributed by atoms with E-state index in [9.17, 15) is 14.4 Å². The molecule has 1 aromatic heterocycles. The second-order valence-electron chi connectivity index (χ2n) is 6.70. The summed E-state index contributed by atoms with van der Waals surface area (Å²) in [6.07, 6.45) is 4.40. The Labute approximate surface area is 151 Å². The highest BCUT2D eigenvalue weighted by Crippen LogP contribution is 2.18. The molecule has 138 valence electrons. The molecule has 1 fully saturated rings. The maximum atomic E-state index is 12.2. The number of aromatic amines is 1. The quantitative estimate of drug-likeness (QED) is 0.795. The van der Waals surface area contributed by atoms with Gasteiger partial charge >= 0.3 is 5.97 Å². The van der Waals surface area contributed by atoms with E-state index < -0.39 is 12.1 Å². The SMILES string of the molecule is CC(OC(=O)Cc1n[nH]c(=O)c2ccccc12)C(=O)NC1CCCCC1. The highest BCUT2D eigenvalue weighted by Gasteiger charge is 2.23. The van der Waals surface area contributed by atoms with Gasteiger partial charge in [-0.3, -0.25) is 14.4 Å². The minimum Gasteiger partial charge on any atom is -0.452 e. The van der Waals surface area contributed by atoms with E-state index >= 15 is 0 Å². The predicted molar refractivity (Wildman–Crippen MR) is 96.6 cm³/mol. The summed E-state index contributed by atoms with van der Waals surface area (Å²) in [6, 6.07) is 7.10. The van der Waals surface area contributed by atoms with Crippen molar-refractivity contribution < 1.29 is 14.3 Å². The predicted octanol–water partition coefficient (Wildman–Crippen LogP) is 1.85. The number of nitrogens with zero attached hydrogens (tertiary/aromatic N) is 1. The molecule has 1 atom stereocenters. The maximum Gasteiger partial charge on any atom is 0.312 e. The highest BCUT2D eigenvalue weighted by atomic mass is 16.5. The molecule has 0 bridgehead atoms. The van der Waals surface area contributed by atoms with E-state index in [-0.39, 0.29) is 23.9 Å². The van der Waals surface area contributed by atoms with Gasteiger partial charge in [0.15, 0.2) is 6.10 Å². The van der Waals surface area contributed by atoms with Crippen LogP contribution in [0.2, 0.25) is 0 Å². The zero-order chi connectivity index (χ0) is 18.5. The van der Waals surface area contributed by atoms with Crippen molar-refractivity contribution in [2.45, 2.75) is 57.6 Å². The van der Waals surface area contributed by atoms with Gasteiger partial charge in [0, 0.05) is 11.4 Å². The van der Waals surface area contributed by atoms with Crippen molar-refractivity contribution in [2.24, 2.45) is 0 Å². The Kier molecular flexibility index (Phi) is 5.65. The fourth-order valence-corrected chi connectivity index (χ4v) is 3.30. The van der Waals surface area contributed by atoms with Crippen LogP contribution in [0.3, 0.4) is 0 Å². The van der Waals surface area contributed by atoms with Gasteiger partial charge in [0.25, 0.3) is 11.5 Å². The molecular formula is C19H23N3O4. The number of carbonyl (C=O) groups is 2. The number of benzene rings is 1. The first-order valence-corrected chi connectivity index (χ1v) is 9.01. The van der Waals surface area contributed by atoms with Gasteiger partial charge in [-0.1, -0.05) is 37.5 Å². The summed E-state index contributed by atoms with van der Waals surface area (Å²) in [4.78, 5) is 36.2. The molecule has 1 aliphatic carbocycles. The van der Waals surface area contributed by atoms with Gasteiger partial charge in [0.05, 0.1) is 17.5 Å². The summed E-state index contributed by atoms with van der Waals surface area (Å²) in [6.45, 7) is 1.56. The van der Waals surface area contributed by atoms with Crippen molar-refractivity contribution in [3.63, 3.8) is 0 Å². The summed E-state index contributed by atoms with van der Waals surface area (Å²) < 4.78 is 5.25. The molecule has 0 saturated heterocycles. The number of carbonyl (C=O) groups excluding carboxylic acids is 2. The second kappa shape index (κ2) is 8.12. The Morgan fingerprint density at radius 3 is 2.65 bits per heavy atom. The number of ether oxygens (including phenoxy) is 1. The summed E-state index contributed by atoms with van der Waals surface area (Å²) in [5.41, 5.74) is 0.114. The second-order valence-corrected chi connectivity index (χ2v) is 6.70. The molecule has 0 radical (unpaired) electrons. The van der Waals surface area contributed by atoms with Gasteiger partial charge in [0.2, 0.25) is 0 Å². The van der Waals surface area contributed by atoms with Crippen molar-refractivity contribution in [2.75, 3.05) is 0 Å². The standard InChI is InChI=1S/C19H23N3O4/c1-12(18(24)20-13-7-3-2-4-8-13)26-17(23)11-16-14-9-5-6-10-15(14)19(25)22-21-16/h5-6,9-10,12-13H,2-4,7-8,11H2,1H3,(H,20,24)(H,22,25). The van der Waals surface area contributed by atoms with Gasteiger partial charge in [-0.05, 0) is 25.8 Å². The van der Waals surface area contributed by atoms with Crippen LogP contribution in [-0.4, -0.2) is 34.2 Å². The first-order valence-electron chi connectivity index (χ1n) is 9.01. The molecule has 7 heteroatoms. The number of rotatable bonds is 5. The van der Waals surface area contributed by atoms with Crippen molar-refractivity contribution in [1.82, 2.24) is 15.5 Å². The summed E-state index contributed by atoms with van der Waals surface area (Å²) in [7, 11) is 0. The molecule has 1 aromatic carbocycles. The first kappa shape index (κ1) is 18.1. The normalized spacial score (nSPS) is 16.2. The molecule has 1 amide bonds. The average molecular weight is 357 g/mol. The maximum absolute atomic E-state index is 12.2. The van der Waals surface area contributed by atoms with E-state index in [2.05, 4.69) is 15.5 Å². The number of hydrogen-bond acceptors (Lipinski definition) is 5. The highest BCUT2D eigenvalue weighted by molar-refractivity contribution is 5.88. The van der Waals surface area contributed by atoms with Gasteiger partial charge in [-0.2, -0.15) is 5.10 Å². The minimum absolute atomic E-state index is 0.113. The fraction of sp³-hybridized carbons (Fsp3) is 0.474. The third-order valence-corrected chi connectivity index (χ3v) is 4.72. The Morgan fingerprint density at radius 2 is 1.92 bits per heavy atom. The average Bonchev–Trinajstić information content (AvgIpc) is 2.65. The van der Waals surface area contributed by atoms with Crippen molar-refractivity contribution in [1.29, 1.82) is 0 Å². The van der Waals surface area contributed by atoms with Crippen molar-refractivity contribution in [3.05, 3.63) is 40.3 Å². The lowest BCUT2D eigenvalue weighted by molar-refractivity contribution is -0.154. The number of aromatic nitrogens is 2. The van der Waals surface area contributed by atoms with Crippen LogP contribution in [0.4, 0.5) is 0 Å². The zero-order valence-electron chi connectivity index (χ0n) is 14.8. The lowest BCUT2D eigenvalue weighted by atomic mass is 9.95. The molecule has 1 saturated carbocycles. The molecule has 2 N–H and O–H groups in total. The van der Waals surface area contributed by atoms with Crippen LogP contribution in [0.5, 0.6) is 0 Å². The monoisotopic (exact) mass is 357 g/mol. The van der Waals surface area contributed by atoms with Crippen LogP contribution >= 0.6 is 0 Å². The fourth-order valence-electron chi connectivity index (χ4n) is 3.30. The van der Waals surface area contributed by atoms with Crippen LogP contribution in [0.15, 0.2) is 29.1 Å². The van der Waals surface area contributed by atoms with E-state index in [1.165, 1.54) is 6.42 Å². The Morgan fingerprint density at radius 1 is 1.23 bits per heavy atom. The number of esters is 1. The van der Waals surface area contributed by atoms with Crippen LogP contribution in [0.1, 0.15) is 44.7 Å². The lowest BCUT2D eigenvalue weighted by Gasteiger charge is -2.24. The van der Waals surface area contributed by atoms with E-state index in [1.807, 2.05) is 0 Å². The van der Waals surface area contributed by atoms with Crippen LogP contribution in [0.25, 0.3) is 10.8 Å². The molecule has 0 spiro atoms. The lowest BCUT2D eigenvalue weighted by Crippen LogP contribution is -2.43. The number of nitrogens with one attached hydrogen (secondary N) is 2. The van der Waals surface area contributed by atoms with Crippen LogP contribution < -0.4 is 10.9 Å². The molecule has 1 aliphatic rings. The molecule has 1 unspecified atom stereocenters. The van der Waals surface area contributed by atoms with E-state index in [0.29, 0.717) is 16.5 Å². The topological polar surface area (TPSA) is 101 Å². The molecular weight excluding hydrogens is 334 g/mol. The van der Waals surface area contributed by atoms with Crippen molar-refractivity contribution in [3.8, 4) is 0 Å².